The summed E-state index contributed by atoms with van der Waals surface area (Å²) in [5, 5.41) is 17.0. The molecule has 0 fully saturated rings. The van der Waals surface area contributed by atoms with Gasteiger partial charge in [0.25, 0.3) is 0 Å². The van der Waals surface area contributed by atoms with Crippen LogP contribution in [0.15, 0.2) is 0 Å². The van der Waals surface area contributed by atoms with Crippen LogP contribution >= 0.6 is 0 Å². The first-order valence-electron chi connectivity index (χ1n) is 5.00. The first-order chi connectivity index (χ1) is 7.40. The van der Waals surface area contributed by atoms with Crippen LogP contribution in [0.3, 0.4) is 0 Å². The minimum Gasteiger partial charge on any atom is -0.480 e. The lowest BCUT2D eigenvalue weighted by atomic mass is 10.3. The highest BCUT2D eigenvalue weighted by atomic mass is 16.4. The van der Waals surface area contributed by atoms with Crippen LogP contribution in [-0.4, -0.2) is 53.1 Å². The van der Waals surface area contributed by atoms with Crippen molar-refractivity contribution in [2.45, 2.75) is 26.3 Å². The molecule has 0 spiro atoms. The predicted molar refractivity (Wildman–Crippen MR) is 57.7 cm³/mol. The largest absolute Gasteiger partial charge is 0.480 e. The molecule has 16 heavy (non-hydrogen) atoms. The van der Waals surface area contributed by atoms with E-state index in [-0.39, 0.29) is 25.0 Å². The van der Waals surface area contributed by atoms with Crippen LogP contribution in [0.2, 0.25) is 0 Å². The fourth-order valence-electron chi connectivity index (χ4n) is 1.23. The van der Waals surface area contributed by atoms with Crippen LogP contribution in [0, 0.1) is 11.3 Å². The fraction of sp³-hybridized carbons (Fsp3) is 0.700. The molecule has 0 aromatic carbocycles. The second-order valence-corrected chi connectivity index (χ2v) is 3.73. The highest BCUT2D eigenvalue weighted by Gasteiger charge is 2.21. The molecular weight excluding hydrogens is 210 g/mol. The number of rotatable bonds is 5. The van der Waals surface area contributed by atoms with Gasteiger partial charge in [-0.3, -0.25) is 4.79 Å². The molecule has 0 unspecified atom stereocenters. The van der Waals surface area contributed by atoms with E-state index in [0.29, 0.717) is 6.54 Å². The molecule has 0 aromatic rings. The molecule has 90 valence electrons. The molecule has 0 bridgehead atoms. The third-order valence-corrected chi connectivity index (χ3v) is 2.03. The number of hydrogen-bond acceptors (Lipinski definition) is 3. The van der Waals surface area contributed by atoms with Crippen molar-refractivity contribution in [3.8, 4) is 6.07 Å². The first-order valence-corrected chi connectivity index (χ1v) is 5.00. The molecule has 6 heteroatoms. The number of amides is 2. The zero-order valence-corrected chi connectivity index (χ0v) is 9.80. The van der Waals surface area contributed by atoms with Crippen LogP contribution in [0.25, 0.3) is 0 Å². The Balaban J connectivity index is 4.49. The third kappa shape index (κ3) is 4.64. The minimum absolute atomic E-state index is 0.0582. The van der Waals surface area contributed by atoms with Gasteiger partial charge in [-0.15, -0.1) is 0 Å². The van der Waals surface area contributed by atoms with Gasteiger partial charge in [-0.2, -0.15) is 5.26 Å². The van der Waals surface area contributed by atoms with E-state index in [1.165, 1.54) is 11.9 Å². The number of carbonyl (C=O) groups excluding carboxylic acids is 1. The van der Waals surface area contributed by atoms with E-state index in [1.807, 2.05) is 19.9 Å². The Hall–Kier alpha value is -1.77. The summed E-state index contributed by atoms with van der Waals surface area (Å²) in [6.07, 6.45) is 0.241. The van der Waals surface area contributed by atoms with Crippen molar-refractivity contribution >= 4 is 12.0 Å². The number of hydrogen-bond donors (Lipinski definition) is 1. The van der Waals surface area contributed by atoms with Gasteiger partial charge >= 0.3 is 12.0 Å². The first kappa shape index (κ1) is 14.2. The highest BCUT2D eigenvalue weighted by molar-refractivity contribution is 5.80. The van der Waals surface area contributed by atoms with Crippen molar-refractivity contribution in [2.24, 2.45) is 0 Å². The maximum atomic E-state index is 11.8. The van der Waals surface area contributed by atoms with Crippen molar-refractivity contribution in [2.75, 3.05) is 20.1 Å². The Kier molecular flexibility index (Phi) is 5.93. The molecule has 1 N–H and O–H groups in total. The van der Waals surface area contributed by atoms with Crippen molar-refractivity contribution in [3.05, 3.63) is 0 Å². The number of carbonyl (C=O) groups is 2. The van der Waals surface area contributed by atoms with Gasteiger partial charge in [0.2, 0.25) is 0 Å². The smallest absolute Gasteiger partial charge is 0.323 e. The lowest BCUT2D eigenvalue weighted by Gasteiger charge is -2.29. The summed E-state index contributed by atoms with van der Waals surface area (Å²) < 4.78 is 0. The molecule has 0 aliphatic heterocycles. The number of nitriles is 1. The fourth-order valence-corrected chi connectivity index (χ4v) is 1.23. The van der Waals surface area contributed by atoms with E-state index < -0.39 is 5.97 Å². The molecule has 2 amide bonds. The summed E-state index contributed by atoms with van der Waals surface area (Å²) in [6.45, 7) is 3.62. The van der Waals surface area contributed by atoms with Gasteiger partial charge in [0.15, 0.2) is 0 Å². The van der Waals surface area contributed by atoms with Gasteiger partial charge in [-0.25, -0.2) is 4.79 Å². The van der Waals surface area contributed by atoms with E-state index in [1.54, 1.807) is 0 Å². The molecule has 0 atom stereocenters. The molecule has 0 aliphatic rings. The SMILES string of the molecule is CC(C)N(CCC#N)C(=O)N(C)CC(=O)O. The molecule has 6 nitrogen and oxygen atoms in total. The van der Waals surface area contributed by atoms with Gasteiger partial charge < -0.3 is 14.9 Å². The zero-order chi connectivity index (χ0) is 12.7. The maximum Gasteiger partial charge on any atom is 0.323 e. The maximum absolute atomic E-state index is 11.8. The van der Waals surface area contributed by atoms with E-state index in [9.17, 15) is 9.59 Å². The van der Waals surface area contributed by atoms with E-state index >= 15 is 0 Å². The van der Waals surface area contributed by atoms with Gasteiger partial charge in [0, 0.05) is 19.6 Å². The van der Waals surface area contributed by atoms with Gasteiger partial charge in [-0.1, -0.05) is 0 Å². The van der Waals surface area contributed by atoms with Crippen LogP contribution < -0.4 is 0 Å². The van der Waals surface area contributed by atoms with Crippen molar-refractivity contribution in [1.82, 2.24) is 9.80 Å². The summed E-state index contributed by atoms with van der Waals surface area (Å²) in [4.78, 5) is 24.9. The van der Waals surface area contributed by atoms with Crippen molar-refractivity contribution in [3.63, 3.8) is 0 Å². The molecule has 0 saturated heterocycles. The second kappa shape index (κ2) is 6.67. The molecule has 0 heterocycles. The zero-order valence-electron chi connectivity index (χ0n) is 9.80. The summed E-state index contributed by atoms with van der Waals surface area (Å²) in [7, 11) is 1.43. The predicted octanol–water partition coefficient (Wildman–Crippen LogP) is 0.747. The Bertz CT molecular complexity index is 296. The monoisotopic (exact) mass is 227 g/mol. The molecule has 0 rings (SSSR count). The van der Waals surface area contributed by atoms with E-state index in [0.717, 1.165) is 4.90 Å². The van der Waals surface area contributed by atoms with Gasteiger partial charge in [0.05, 0.1) is 12.5 Å². The molecule has 0 aliphatic carbocycles. The molecule has 0 aromatic heterocycles. The standard InChI is InChI=1S/C10H17N3O3/c1-8(2)13(6-4-5-11)10(16)12(3)7-9(14)15/h8H,4,6-7H2,1-3H3,(H,14,15). The Labute approximate surface area is 95.1 Å². The van der Waals surface area contributed by atoms with E-state index in [2.05, 4.69) is 0 Å². The minimum atomic E-state index is -1.06. The van der Waals surface area contributed by atoms with Gasteiger partial charge in [-0.05, 0) is 13.8 Å². The van der Waals surface area contributed by atoms with Crippen molar-refractivity contribution < 1.29 is 14.7 Å². The van der Waals surface area contributed by atoms with Gasteiger partial charge in [0.1, 0.15) is 6.54 Å². The van der Waals surface area contributed by atoms with Crippen LogP contribution in [0.1, 0.15) is 20.3 Å². The quantitative estimate of drug-likeness (QED) is 0.751. The van der Waals surface area contributed by atoms with Crippen LogP contribution in [-0.2, 0) is 4.79 Å². The number of carboxylic acid groups (broad SMARTS) is 1. The number of aliphatic carboxylic acids is 1. The van der Waals surface area contributed by atoms with Crippen LogP contribution in [0.5, 0.6) is 0 Å². The molecular formula is C10H17N3O3. The Morgan fingerprint density at radius 3 is 2.38 bits per heavy atom. The Morgan fingerprint density at radius 2 is 2.00 bits per heavy atom. The lowest BCUT2D eigenvalue weighted by Crippen LogP contribution is -2.46. The normalized spacial score (nSPS) is 9.69. The molecule has 0 radical (unpaired) electrons. The van der Waals surface area contributed by atoms with Crippen LogP contribution in [0.4, 0.5) is 4.79 Å². The number of carboxylic acids is 1. The third-order valence-electron chi connectivity index (χ3n) is 2.03. The van der Waals surface area contributed by atoms with E-state index in [4.69, 9.17) is 10.4 Å². The number of nitrogens with zero attached hydrogens (tertiary/aromatic N) is 3. The topological polar surface area (TPSA) is 84.6 Å². The number of urea groups is 1. The number of likely N-dealkylation sites (N-methyl/N-ethyl adjacent to an activating group) is 1. The Morgan fingerprint density at radius 1 is 1.44 bits per heavy atom. The average molecular weight is 227 g/mol. The van der Waals surface area contributed by atoms with Crippen molar-refractivity contribution in [1.29, 1.82) is 5.26 Å². The summed E-state index contributed by atoms with van der Waals surface area (Å²) in [5.41, 5.74) is 0. The second-order valence-electron chi connectivity index (χ2n) is 3.73. The average Bonchev–Trinajstić information content (AvgIpc) is 2.16. The summed E-state index contributed by atoms with van der Waals surface area (Å²) >= 11 is 0. The lowest BCUT2D eigenvalue weighted by molar-refractivity contribution is -0.137. The summed E-state index contributed by atoms with van der Waals surface area (Å²) in [6, 6.07) is 1.53. The summed E-state index contributed by atoms with van der Waals surface area (Å²) in [5.74, 6) is -1.06. The molecule has 0 saturated carbocycles. The highest BCUT2D eigenvalue weighted by Crippen LogP contribution is 2.04.